The van der Waals surface area contributed by atoms with Crippen LogP contribution in [0.5, 0.6) is 5.75 Å². The zero-order valence-corrected chi connectivity index (χ0v) is 9.56. The van der Waals surface area contributed by atoms with E-state index >= 15 is 0 Å². The summed E-state index contributed by atoms with van der Waals surface area (Å²) in [6.07, 6.45) is -0.352. The summed E-state index contributed by atoms with van der Waals surface area (Å²) in [6.45, 7) is 0. The van der Waals surface area contributed by atoms with Crippen LogP contribution in [-0.2, 0) is 11.2 Å². The standard InChI is InChI=1S/C12H11NO5/c1-18-8-4-2-3-6-7(5-9(14)15)11(12(16)17)13-10(6)8/h2-4,13H,5H2,1H3,(H,14,15)(H,16,17). The third kappa shape index (κ3) is 1.88. The van der Waals surface area contributed by atoms with Crippen LogP contribution < -0.4 is 4.74 Å². The third-order valence-electron chi connectivity index (χ3n) is 2.66. The van der Waals surface area contributed by atoms with E-state index in [1.165, 1.54) is 7.11 Å². The van der Waals surface area contributed by atoms with E-state index in [-0.39, 0.29) is 17.7 Å². The number of hydrogen-bond donors (Lipinski definition) is 3. The van der Waals surface area contributed by atoms with Crippen molar-refractivity contribution in [2.24, 2.45) is 0 Å². The zero-order valence-electron chi connectivity index (χ0n) is 9.56. The van der Waals surface area contributed by atoms with Crippen molar-refractivity contribution in [1.29, 1.82) is 0 Å². The summed E-state index contributed by atoms with van der Waals surface area (Å²) in [6, 6.07) is 5.03. The summed E-state index contributed by atoms with van der Waals surface area (Å²) in [5.74, 6) is -1.79. The molecule has 0 bridgehead atoms. The number of para-hydroxylation sites is 1. The molecule has 3 N–H and O–H groups in total. The van der Waals surface area contributed by atoms with Crippen LogP contribution in [0.3, 0.4) is 0 Å². The third-order valence-corrected chi connectivity index (χ3v) is 2.66. The van der Waals surface area contributed by atoms with Crippen molar-refractivity contribution >= 4 is 22.8 Å². The number of ether oxygens (including phenoxy) is 1. The molecule has 0 fully saturated rings. The molecule has 0 radical (unpaired) electrons. The number of fused-ring (bicyclic) bond motifs is 1. The molecule has 2 rings (SSSR count). The monoisotopic (exact) mass is 249 g/mol. The molecule has 1 aromatic heterocycles. The molecule has 0 aliphatic heterocycles. The maximum Gasteiger partial charge on any atom is 0.352 e. The van der Waals surface area contributed by atoms with Crippen molar-refractivity contribution in [2.45, 2.75) is 6.42 Å². The van der Waals surface area contributed by atoms with E-state index in [1.54, 1.807) is 18.2 Å². The highest BCUT2D eigenvalue weighted by atomic mass is 16.5. The van der Waals surface area contributed by atoms with Crippen molar-refractivity contribution < 1.29 is 24.5 Å². The Morgan fingerprint density at radius 3 is 2.61 bits per heavy atom. The zero-order chi connectivity index (χ0) is 13.3. The molecule has 0 aliphatic rings. The van der Waals surface area contributed by atoms with E-state index in [9.17, 15) is 9.59 Å². The Hall–Kier alpha value is -2.50. The highest BCUT2D eigenvalue weighted by molar-refractivity contribution is 6.01. The number of hydrogen-bond acceptors (Lipinski definition) is 3. The van der Waals surface area contributed by atoms with Gasteiger partial charge in [0.05, 0.1) is 19.0 Å². The lowest BCUT2D eigenvalue weighted by Gasteiger charge is -2.00. The topological polar surface area (TPSA) is 99.6 Å². The van der Waals surface area contributed by atoms with Gasteiger partial charge in [-0.25, -0.2) is 4.79 Å². The van der Waals surface area contributed by atoms with E-state index in [2.05, 4.69) is 4.98 Å². The first-order valence-electron chi connectivity index (χ1n) is 5.17. The summed E-state index contributed by atoms with van der Waals surface area (Å²) < 4.78 is 5.11. The molecule has 0 atom stereocenters. The highest BCUT2D eigenvalue weighted by Crippen LogP contribution is 2.30. The fourth-order valence-electron chi connectivity index (χ4n) is 1.93. The average molecular weight is 249 g/mol. The highest BCUT2D eigenvalue weighted by Gasteiger charge is 2.20. The van der Waals surface area contributed by atoms with Gasteiger partial charge in [0.1, 0.15) is 11.4 Å². The van der Waals surface area contributed by atoms with Gasteiger partial charge in [-0.15, -0.1) is 0 Å². The SMILES string of the molecule is COc1cccc2c(CC(=O)O)c(C(=O)O)[nH]c12. The summed E-state index contributed by atoms with van der Waals surface area (Å²) in [4.78, 5) is 24.6. The maximum atomic E-state index is 11.1. The second kappa shape index (κ2) is 4.40. The Labute approximate surface area is 102 Å². The Morgan fingerprint density at radius 2 is 2.06 bits per heavy atom. The largest absolute Gasteiger partial charge is 0.495 e. The van der Waals surface area contributed by atoms with E-state index in [4.69, 9.17) is 14.9 Å². The predicted octanol–water partition coefficient (Wildman–Crippen LogP) is 1.50. The van der Waals surface area contributed by atoms with Crippen molar-refractivity contribution in [3.05, 3.63) is 29.5 Å². The quantitative estimate of drug-likeness (QED) is 0.762. The second-order valence-electron chi connectivity index (χ2n) is 3.74. The minimum absolute atomic E-state index is 0.114. The Morgan fingerprint density at radius 1 is 1.33 bits per heavy atom. The van der Waals surface area contributed by atoms with Crippen molar-refractivity contribution in [3.63, 3.8) is 0 Å². The van der Waals surface area contributed by atoms with E-state index < -0.39 is 11.9 Å². The Bertz CT molecular complexity index is 629. The van der Waals surface area contributed by atoms with E-state index in [0.717, 1.165) is 0 Å². The molecule has 0 unspecified atom stereocenters. The molecule has 1 heterocycles. The minimum Gasteiger partial charge on any atom is -0.495 e. The van der Waals surface area contributed by atoms with Gasteiger partial charge >= 0.3 is 11.9 Å². The molecule has 0 aliphatic carbocycles. The number of aromatic amines is 1. The average Bonchev–Trinajstić information content (AvgIpc) is 2.67. The molecule has 2 aromatic rings. The van der Waals surface area contributed by atoms with Gasteiger partial charge in [0.25, 0.3) is 0 Å². The van der Waals surface area contributed by atoms with Gasteiger partial charge in [0.15, 0.2) is 0 Å². The fourth-order valence-corrected chi connectivity index (χ4v) is 1.93. The Kier molecular flexibility index (Phi) is 2.93. The van der Waals surface area contributed by atoms with Crippen LogP contribution in [0.25, 0.3) is 10.9 Å². The smallest absolute Gasteiger partial charge is 0.352 e. The van der Waals surface area contributed by atoms with Gasteiger partial charge in [-0.05, 0) is 6.07 Å². The summed E-state index contributed by atoms with van der Waals surface area (Å²) in [7, 11) is 1.47. The predicted molar refractivity (Wildman–Crippen MR) is 63.1 cm³/mol. The number of carbonyl (C=O) groups is 2. The molecular formula is C12H11NO5. The lowest BCUT2D eigenvalue weighted by atomic mass is 10.1. The van der Waals surface area contributed by atoms with Crippen LogP contribution >= 0.6 is 0 Å². The second-order valence-corrected chi connectivity index (χ2v) is 3.74. The number of carboxylic acid groups (broad SMARTS) is 2. The maximum absolute atomic E-state index is 11.1. The van der Waals surface area contributed by atoms with E-state index in [0.29, 0.717) is 16.7 Å². The number of aliphatic carboxylic acids is 1. The molecule has 0 spiro atoms. The molecule has 0 saturated heterocycles. The van der Waals surface area contributed by atoms with E-state index in [1.807, 2.05) is 0 Å². The molecule has 0 amide bonds. The number of H-pyrrole nitrogens is 1. The van der Waals surface area contributed by atoms with Crippen molar-refractivity contribution in [3.8, 4) is 5.75 Å². The van der Waals surface area contributed by atoms with Crippen LogP contribution in [0.2, 0.25) is 0 Å². The number of rotatable bonds is 4. The van der Waals surface area contributed by atoms with Gasteiger partial charge in [-0.3, -0.25) is 4.79 Å². The van der Waals surface area contributed by atoms with Gasteiger partial charge < -0.3 is 19.9 Å². The molecular weight excluding hydrogens is 238 g/mol. The van der Waals surface area contributed by atoms with Crippen molar-refractivity contribution in [1.82, 2.24) is 4.98 Å². The summed E-state index contributed by atoms with van der Waals surface area (Å²) in [5.41, 5.74) is 0.634. The number of nitrogens with one attached hydrogen (secondary N) is 1. The van der Waals surface area contributed by atoms with Crippen LogP contribution in [-0.4, -0.2) is 34.2 Å². The Balaban J connectivity index is 2.75. The van der Waals surface area contributed by atoms with Crippen LogP contribution in [0.1, 0.15) is 16.1 Å². The lowest BCUT2D eigenvalue weighted by molar-refractivity contribution is -0.136. The normalized spacial score (nSPS) is 10.5. The number of aromatic carboxylic acids is 1. The first-order chi connectivity index (χ1) is 8.54. The van der Waals surface area contributed by atoms with Crippen LogP contribution in [0.15, 0.2) is 18.2 Å². The number of benzene rings is 1. The summed E-state index contributed by atoms with van der Waals surface area (Å²) in [5, 5.41) is 18.5. The molecule has 94 valence electrons. The first kappa shape index (κ1) is 12.0. The van der Waals surface area contributed by atoms with Crippen LogP contribution in [0.4, 0.5) is 0 Å². The number of methoxy groups -OCH3 is 1. The van der Waals surface area contributed by atoms with Gasteiger partial charge in [-0.2, -0.15) is 0 Å². The minimum atomic E-state index is -1.19. The molecule has 0 saturated carbocycles. The van der Waals surface area contributed by atoms with Crippen molar-refractivity contribution in [2.75, 3.05) is 7.11 Å². The molecule has 6 nitrogen and oxygen atoms in total. The number of aromatic nitrogens is 1. The molecule has 1 aromatic carbocycles. The molecule has 6 heteroatoms. The lowest BCUT2D eigenvalue weighted by Crippen LogP contribution is -2.06. The van der Waals surface area contributed by atoms with Gasteiger partial charge in [0, 0.05) is 10.9 Å². The summed E-state index contributed by atoms with van der Waals surface area (Å²) >= 11 is 0. The van der Waals surface area contributed by atoms with Gasteiger partial charge in [0.2, 0.25) is 0 Å². The molecule has 18 heavy (non-hydrogen) atoms. The van der Waals surface area contributed by atoms with Crippen LogP contribution in [0, 0.1) is 0 Å². The first-order valence-corrected chi connectivity index (χ1v) is 5.17. The number of carboxylic acids is 2. The van der Waals surface area contributed by atoms with Gasteiger partial charge in [-0.1, -0.05) is 12.1 Å². The fraction of sp³-hybridized carbons (Fsp3) is 0.167.